The first-order valence-electron chi connectivity index (χ1n) is 3.34. The molecule has 0 aliphatic rings. The number of aryl methyl sites for hydroxylation is 1. The third kappa shape index (κ3) is 1.64. The number of hydrogen-bond acceptors (Lipinski definition) is 1. The molecule has 1 aromatic rings. The molecule has 0 fully saturated rings. The Morgan fingerprint density at radius 1 is 1.50 bits per heavy atom. The highest BCUT2D eigenvalue weighted by Gasteiger charge is 1.88. The molecule has 0 aromatic heterocycles. The van der Waals surface area contributed by atoms with Gasteiger partial charge in [0, 0.05) is 0 Å². The van der Waals surface area contributed by atoms with Gasteiger partial charge >= 0.3 is 0 Å². The van der Waals surface area contributed by atoms with Gasteiger partial charge in [-0.05, 0) is 17.5 Å². The van der Waals surface area contributed by atoms with E-state index in [0.717, 1.165) is 12.0 Å². The van der Waals surface area contributed by atoms with Gasteiger partial charge in [0.1, 0.15) is 0 Å². The molecule has 0 N–H and O–H groups in total. The quantitative estimate of drug-likeness (QED) is 0.582. The van der Waals surface area contributed by atoms with Crippen molar-refractivity contribution in [3.05, 3.63) is 35.4 Å². The van der Waals surface area contributed by atoms with E-state index in [2.05, 4.69) is 36.6 Å². The fourth-order valence-electron chi connectivity index (χ4n) is 0.855. The van der Waals surface area contributed by atoms with Crippen LogP contribution in [0.5, 0.6) is 0 Å². The predicted molar refractivity (Wildman–Crippen MR) is 47.5 cm³/mol. The normalized spacial score (nSPS) is 9.30. The fourth-order valence-corrected chi connectivity index (χ4v) is 0.982. The molecule has 0 amide bonds. The van der Waals surface area contributed by atoms with Crippen LogP contribution in [0.1, 0.15) is 18.1 Å². The maximum absolute atomic E-state index is 4.68. The molecule has 0 unspecified atom stereocenters. The lowest BCUT2D eigenvalue weighted by Crippen LogP contribution is -1.82. The van der Waals surface area contributed by atoms with Crippen molar-refractivity contribution in [3.8, 4) is 0 Å². The van der Waals surface area contributed by atoms with E-state index in [1.807, 2.05) is 12.1 Å². The highest BCUT2D eigenvalue weighted by Crippen LogP contribution is 2.03. The summed E-state index contributed by atoms with van der Waals surface area (Å²) in [6, 6.07) is 8.13. The summed E-state index contributed by atoms with van der Waals surface area (Å²) in [7, 11) is 0. The van der Waals surface area contributed by atoms with Crippen LogP contribution in [0, 0.1) is 0 Å². The molecule has 0 saturated heterocycles. The van der Waals surface area contributed by atoms with Crippen molar-refractivity contribution < 1.29 is 0 Å². The van der Waals surface area contributed by atoms with Crippen molar-refractivity contribution in [1.29, 1.82) is 0 Å². The lowest BCUT2D eigenvalue weighted by atomic mass is 10.1. The Balaban J connectivity index is 2.98. The van der Waals surface area contributed by atoms with E-state index in [0.29, 0.717) is 0 Å². The Morgan fingerprint density at radius 2 is 2.30 bits per heavy atom. The largest absolute Gasteiger partial charge is 0.0778 e. The Kier molecular flexibility index (Phi) is 2.57. The lowest BCUT2D eigenvalue weighted by Gasteiger charge is -1.95. The smallest absolute Gasteiger partial charge is 0.0636 e. The van der Waals surface area contributed by atoms with Crippen LogP contribution in [-0.2, 0) is 6.42 Å². The van der Waals surface area contributed by atoms with Crippen LogP contribution in [0.3, 0.4) is 0 Å². The van der Waals surface area contributed by atoms with Gasteiger partial charge in [-0.2, -0.15) is 0 Å². The van der Waals surface area contributed by atoms with Crippen LogP contribution >= 0.6 is 12.2 Å². The Hall–Kier alpha value is -0.690. The highest BCUT2D eigenvalue weighted by molar-refractivity contribution is 7.79. The average Bonchev–Trinajstić information content (AvgIpc) is 2.05. The molecule has 10 heavy (non-hydrogen) atoms. The molecular weight excluding hydrogens is 140 g/mol. The van der Waals surface area contributed by atoms with Crippen LogP contribution in [0.4, 0.5) is 0 Å². The van der Waals surface area contributed by atoms with Crippen molar-refractivity contribution >= 4 is 17.6 Å². The van der Waals surface area contributed by atoms with Crippen LogP contribution in [-0.4, -0.2) is 5.37 Å². The summed E-state index contributed by atoms with van der Waals surface area (Å²) in [5, 5.41) is 2.68. The van der Waals surface area contributed by atoms with E-state index in [-0.39, 0.29) is 0 Å². The summed E-state index contributed by atoms with van der Waals surface area (Å²) < 4.78 is 0. The third-order valence-electron chi connectivity index (χ3n) is 1.45. The third-order valence-corrected chi connectivity index (χ3v) is 1.69. The zero-order valence-corrected chi connectivity index (χ0v) is 6.74. The Labute approximate surface area is 66.9 Å². The van der Waals surface area contributed by atoms with E-state index in [1.165, 1.54) is 5.56 Å². The zero-order chi connectivity index (χ0) is 7.40. The van der Waals surface area contributed by atoms with Gasteiger partial charge in [0.05, 0.1) is 5.37 Å². The van der Waals surface area contributed by atoms with Crippen LogP contribution in [0.2, 0.25) is 0 Å². The molecule has 0 saturated carbocycles. The lowest BCUT2D eigenvalue weighted by molar-refractivity contribution is 1.14. The molecule has 0 bridgehead atoms. The average molecular weight is 149 g/mol. The van der Waals surface area contributed by atoms with Crippen LogP contribution in [0.25, 0.3) is 0 Å². The molecule has 1 rings (SSSR count). The monoisotopic (exact) mass is 149 g/mol. The second-order valence-corrected chi connectivity index (χ2v) is 2.36. The first-order valence-corrected chi connectivity index (χ1v) is 3.74. The topological polar surface area (TPSA) is 0 Å². The SMILES string of the molecule is CCc1cccc([C]=S)c1. The number of benzene rings is 1. The molecule has 1 aromatic carbocycles. The maximum atomic E-state index is 4.68. The second-order valence-electron chi connectivity index (χ2n) is 2.16. The van der Waals surface area contributed by atoms with E-state index in [1.54, 1.807) is 0 Å². The molecule has 0 heterocycles. The van der Waals surface area contributed by atoms with Gasteiger partial charge in [-0.3, -0.25) is 0 Å². The standard InChI is InChI=1S/C9H9S/c1-2-8-4-3-5-9(6-8)7-10/h3-6H,2H2,1H3. The fraction of sp³-hybridized carbons (Fsp3) is 0.222. The molecule has 0 spiro atoms. The van der Waals surface area contributed by atoms with E-state index >= 15 is 0 Å². The van der Waals surface area contributed by atoms with Gasteiger partial charge in [0.2, 0.25) is 0 Å². The summed E-state index contributed by atoms with van der Waals surface area (Å²) in [4.78, 5) is 0. The minimum atomic E-state index is 1.01. The number of rotatable bonds is 2. The van der Waals surface area contributed by atoms with E-state index in [9.17, 15) is 0 Å². The van der Waals surface area contributed by atoms with Gasteiger partial charge in [0.25, 0.3) is 0 Å². The Morgan fingerprint density at radius 3 is 2.90 bits per heavy atom. The molecular formula is C9H9S. The van der Waals surface area contributed by atoms with Crippen molar-refractivity contribution in [2.75, 3.05) is 0 Å². The van der Waals surface area contributed by atoms with E-state index < -0.39 is 0 Å². The highest BCUT2D eigenvalue weighted by atomic mass is 32.1. The van der Waals surface area contributed by atoms with Gasteiger partial charge in [0.15, 0.2) is 0 Å². The van der Waals surface area contributed by atoms with Gasteiger partial charge in [-0.15, -0.1) is 0 Å². The number of thiocarbonyl (C=S) groups is 1. The summed E-state index contributed by atoms with van der Waals surface area (Å²) in [5.74, 6) is 0. The van der Waals surface area contributed by atoms with Gasteiger partial charge in [-0.1, -0.05) is 43.4 Å². The summed E-state index contributed by atoms with van der Waals surface area (Å²) >= 11 is 4.68. The predicted octanol–water partition coefficient (Wildman–Crippen LogP) is 2.47. The zero-order valence-electron chi connectivity index (χ0n) is 5.92. The molecule has 0 aliphatic carbocycles. The summed E-state index contributed by atoms with van der Waals surface area (Å²) in [5.41, 5.74) is 2.32. The van der Waals surface area contributed by atoms with Crippen molar-refractivity contribution in [1.82, 2.24) is 0 Å². The van der Waals surface area contributed by atoms with Crippen LogP contribution in [0.15, 0.2) is 24.3 Å². The van der Waals surface area contributed by atoms with Gasteiger partial charge in [-0.25, -0.2) is 0 Å². The molecule has 51 valence electrons. The molecule has 0 aliphatic heterocycles. The van der Waals surface area contributed by atoms with Crippen molar-refractivity contribution in [3.63, 3.8) is 0 Å². The first kappa shape index (κ1) is 7.42. The molecule has 1 radical (unpaired) electrons. The molecule has 0 nitrogen and oxygen atoms in total. The van der Waals surface area contributed by atoms with Crippen molar-refractivity contribution in [2.24, 2.45) is 0 Å². The molecule has 0 atom stereocenters. The van der Waals surface area contributed by atoms with Crippen molar-refractivity contribution in [2.45, 2.75) is 13.3 Å². The Bertz CT molecular complexity index is 228. The maximum Gasteiger partial charge on any atom is 0.0636 e. The molecule has 1 heteroatoms. The summed E-state index contributed by atoms with van der Waals surface area (Å²) in [6.07, 6.45) is 1.06. The van der Waals surface area contributed by atoms with Gasteiger partial charge < -0.3 is 0 Å². The number of hydrogen-bond donors (Lipinski definition) is 0. The second kappa shape index (κ2) is 3.47. The van der Waals surface area contributed by atoms with Crippen LogP contribution < -0.4 is 0 Å². The summed E-state index contributed by atoms with van der Waals surface area (Å²) in [6.45, 7) is 2.13. The first-order chi connectivity index (χ1) is 4.86. The minimum Gasteiger partial charge on any atom is -0.0778 e. The van der Waals surface area contributed by atoms with E-state index in [4.69, 9.17) is 0 Å². The minimum absolute atomic E-state index is 1.01.